The number of amides is 1. The molecule has 0 bridgehead atoms. The lowest BCUT2D eigenvalue weighted by molar-refractivity contribution is -0.131. The topological polar surface area (TPSA) is 89.8 Å². The van der Waals surface area contributed by atoms with Crippen molar-refractivity contribution in [2.24, 2.45) is 0 Å². The van der Waals surface area contributed by atoms with E-state index in [9.17, 15) is 20.1 Å². The van der Waals surface area contributed by atoms with Crippen LogP contribution in [0.25, 0.3) is 0 Å². The number of allylic oxidation sites excluding steroid dienone is 3. The molecule has 0 aromatic heterocycles. The normalized spacial score (nSPS) is 13.6. The van der Waals surface area contributed by atoms with Crippen LogP contribution in [-0.4, -0.2) is 46.1 Å². The lowest BCUT2D eigenvalue weighted by Gasteiger charge is -2.21. The van der Waals surface area contributed by atoms with E-state index >= 15 is 0 Å². The van der Waals surface area contributed by atoms with Crippen LogP contribution in [0, 0.1) is 0 Å². The Hall–Kier alpha value is -1.17. The molecule has 3 atom stereocenters. The molecular formula is C50H97NO4. The summed E-state index contributed by atoms with van der Waals surface area (Å²) in [5.41, 5.74) is 0. The number of unbranched alkanes of at least 4 members (excludes halogenated alkanes) is 35. The lowest BCUT2D eigenvalue weighted by Crippen LogP contribution is -2.48. The summed E-state index contributed by atoms with van der Waals surface area (Å²) in [6.07, 6.45) is 56.5. The molecule has 0 saturated heterocycles. The zero-order chi connectivity index (χ0) is 40.1. The number of rotatable bonds is 45. The quantitative estimate of drug-likeness (QED) is 0.0366. The van der Waals surface area contributed by atoms with Crippen molar-refractivity contribution in [2.75, 3.05) is 6.61 Å². The van der Waals surface area contributed by atoms with Gasteiger partial charge in [0.15, 0.2) is 0 Å². The molecule has 0 aromatic carbocycles. The molecule has 3 unspecified atom stereocenters. The second-order valence-electron chi connectivity index (χ2n) is 17.0. The fraction of sp³-hybridized carbons (Fsp3) is 0.900. The molecule has 0 heterocycles. The standard InChI is InChI=1S/C50H97NO4/c1-3-5-7-9-11-13-15-17-19-21-23-24-25-27-29-31-33-35-37-39-41-43-45-49(54)50(55)51-47(46-52)48(53)44-42-40-38-36-34-32-30-28-26-22-20-18-16-14-12-10-8-6-4-2/h27,29,42,44,47-49,52-54H,3-26,28,30-41,43,45-46H2,1-2H3,(H,51,55)/b29-27-,44-42+. The predicted molar refractivity (Wildman–Crippen MR) is 241 cm³/mol. The summed E-state index contributed by atoms with van der Waals surface area (Å²) in [6, 6.07) is -0.799. The average Bonchev–Trinajstić information content (AvgIpc) is 3.19. The predicted octanol–water partition coefficient (Wildman–Crippen LogP) is 14.6. The van der Waals surface area contributed by atoms with Crippen molar-refractivity contribution in [3.8, 4) is 0 Å². The van der Waals surface area contributed by atoms with Crippen molar-refractivity contribution in [1.29, 1.82) is 0 Å². The molecule has 0 aliphatic carbocycles. The van der Waals surface area contributed by atoms with Crippen LogP contribution in [0.1, 0.15) is 264 Å². The van der Waals surface area contributed by atoms with Crippen molar-refractivity contribution in [1.82, 2.24) is 5.32 Å². The van der Waals surface area contributed by atoms with E-state index in [2.05, 4.69) is 31.3 Å². The number of aliphatic hydroxyl groups is 3. The molecule has 55 heavy (non-hydrogen) atoms. The van der Waals surface area contributed by atoms with E-state index < -0.39 is 24.2 Å². The van der Waals surface area contributed by atoms with Crippen LogP contribution in [0.2, 0.25) is 0 Å². The second-order valence-corrected chi connectivity index (χ2v) is 17.0. The first-order chi connectivity index (χ1) is 27.1. The molecule has 0 aliphatic heterocycles. The van der Waals surface area contributed by atoms with Crippen molar-refractivity contribution in [3.05, 3.63) is 24.3 Å². The number of carbonyl (C=O) groups is 1. The molecule has 0 fully saturated rings. The van der Waals surface area contributed by atoms with Crippen LogP contribution < -0.4 is 5.32 Å². The van der Waals surface area contributed by atoms with Gasteiger partial charge in [0.1, 0.15) is 6.10 Å². The van der Waals surface area contributed by atoms with E-state index in [0.717, 1.165) is 32.1 Å². The zero-order valence-corrected chi connectivity index (χ0v) is 37.1. The lowest BCUT2D eigenvalue weighted by atomic mass is 10.0. The van der Waals surface area contributed by atoms with Crippen LogP contribution in [0.5, 0.6) is 0 Å². The third-order valence-corrected chi connectivity index (χ3v) is 11.5. The second kappa shape index (κ2) is 45.5. The van der Waals surface area contributed by atoms with E-state index in [1.165, 1.54) is 212 Å². The first-order valence-electron chi connectivity index (χ1n) is 24.7. The number of aliphatic hydroxyl groups excluding tert-OH is 3. The van der Waals surface area contributed by atoms with Crippen LogP contribution in [0.3, 0.4) is 0 Å². The molecule has 5 heteroatoms. The Bertz CT molecular complexity index is 814. The maximum atomic E-state index is 12.5. The van der Waals surface area contributed by atoms with Gasteiger partial charge >= 0.3 is 0 Å². The highest BCUT2D eigenvalue weighted by Crippen LogP contribution is 2.16. The van der Waals surface area contributed by atoms with E-state index in [4.69, 9.17) is 0 Å². The molecule has 0 spiro atoms. The third kappa shape index (κ3) is 40.8. The summed E-state index contributed by atoms with van der Waals surface area (Å²) < 4.78 is 0. The Morgan fingerprint density at radius 1 is 0.436 bits per heavy atom. The Morgan fingerprint density at radius 2 is 0.727 bits per heavy atom. The summed E-state index contributed by atoms with van der Waals surface area (Å²) in [4.78, 5) is 12.5. The minimum absolute atomic E-state index is 0.363. The largest absolute Gasteiger partial charge is 0.394 e. The summed E-state index contributed by atoms with van der Waals surface area (Å²) in [6.45, 7) is 4.20. The van der Waals surface area contributed by atoms with Gasteiger partial charge in [-0.25, -0.2) is 0 Å². The highest BCUT2D eigenvalue weighted by Gasteiger charge is 2.22. The maximum absolute atomic E-state index is 12.5. The fourth-order valence-electron chi connectivity index (χ4n) is 7.65. The first-order valence-corrected chi connectivity index (χ1v) is 24.7. The number of hydrogen-bond acceptors (Lipinski definition) is 4. The summed E-state index contributed by atoms with van der Waals surface area (Å²) >= 11 is 0. The van der Waals surface area contributed by atoms with E-state index in [1.54, 1.807) is 6.08 Å². The highest BCUT2D eigenvalue weighted by molar-refractivity contribution is 5.80. The molecule has 5 nitrogen and oxygen atoms in total. The molecule has 4 N–H and O–H groups in total. The molecule has 1 amide bonds. The van der Waals surface area contributed by atoms with Gasteiger partial charge in [0.2, 0.25) is 5.91 Å². The SMILES string of the molecule is CCCCCCCCCCCCCC/C=C\CCCCCCCCC(O)C(=O)NC(CO)C(O)/C=C/CCCCCCCCCCCCCCCCCCC. The van der Waals surface area contributed by atoms with Gasteiger partial charge in [-0.3, -0.25) is 4.79 Å². The minimum atomic E-state index is -1.10. The average molecular weight is 776 g/mol. The van der Waals surface area contributed by atoms with E-state index in [0.29, 0.717) is 6.42 Å². The van der Waals surface area contributed by atoms with E-state index in [1.807, 2.05) is 6.08 Å². The Balaban J connectivity index is 3.63. The summed E-state index contributed by atoms with van der Waals surface area (Å²) in [7, 11) is 0. The van der Waals surface area contributed by atoms with Crippen molar-refractivity contribution in [2.45, 2.75) is 283 Å². The Labute approximate surface area is 343 Å². The third-order valence-electron chi connectivity index (χ3n) is 11.5. The van der Waals surface area contributed by atoms with Crippen LogP contribution in [-0.2, 0) is 4.79 Å². The van der Waals surface area contributed by atoms with Crippen LogP contribution in [0.15, 0.2) is 24.3 Å². The summed E-state index contributed by atoms with van der Waals surface area (Å²) in [5, 5.41) is 33.2. The fourth-order valence-corrected chi connectivity index (χ4v) is 7.65. The van der Waals surface area contributed by atoms with Crippen molar-refractivity contribution < 1.29 is 20.1 Å². The van der Waals surface area contributed by atoms with Gasteiger partial charge < -0.3 is 20.6 Å². The minimum Gasteiger partial charge on any atom is -0.394 e. The number of nitrogens with one attached hydrogen (secondary N) is 1. The molecule has 0 rings (SSSR count). The van der Waals surface area contributed by atoms with Crippen molar-refractivity contribution >= 4 is 5.91 Å². The zero-order valence-electron chi connectivity index (χ0n) is 37.1. The van der Waals surface area contributed by atoms with Gasteiger partial charge in [0.05, 0.1) is 18.8 Å². The monoisotopic (exact) mass is 776 g/mol. The number of carbonyl (C=O) groups excluding carboxylic acids is 1. The number of hydrogen-bond donors (Lipinski definition) is 4. The van der Waals surface area contributed by atoms with Gasteiger partial charge in [-0.2, -0.15) is 0 Å². The van der Waals surface area contributed by atoms with Crippen LogP contribution in [0.4, 0.5) is 0 Å². The van der Waals surface area contributed by atoms with Crippen LogP contribution >= 0.6 is 0 Å². The van der Waals surface area contributed by atoms with Gasteiger partial charge in [-0.15, -0.1) is 0 Å². The Kier molecular flexibility index (Phi) is 44.6. The molecule has 0 aromatic rings. The first kappa shape index (κ1) is 53.8. The highest BCUT2D eigenvalue weighted by atomic mass is 16.3. The van der Waals surface area contributed by atoms with Crippen molar-refractivity contribution in [3.63, 3.8) is 0 Å². The molecule has 0 radical (unpaired) electrons. The molecule has 326 valence electrons. The van der Waals surface area contributed by atoms with Gasteiger partial charge in [0.25, 0.3) is 0 Å². The molecular weight excluding hydrogens is 679 g/mol. The molecule has 0 aliphatic rings. The van der Waals surface area contributed by atoms with Gasteiger partial charge in [-0.05, 0) is 44.9 Å². The van der Waals surface area contributed by atoms with E-state index in [-0.39, 0.29) is 6.61 Å². The van der Waals surface area contributed by atoms with Gasteiger partial charge in [0, 0.05) is 0 Å². The van der Waals surface area contributed by atoms with Gasteiger partial charge in [-0.1, -0.05) is 244 Å². The molecule has 0 saturated carbocycles. The maximum Gasteiger partial charge on any atom is 0.249 e. The smallest absolute Gasteiger partial charge is 0.249 e. The Morgan fingerprint density at radius 3 is 1.05 bits per heavy atom. The summed E-state index contributed by atoms with van der Waals surface area (Å²) in [5.74, 6) is -0.505.